The number of nitrogens with zero attached hydrogens (tertiary/aromatic N) is 1. The number of fused-ring (bicyclic) bond motifs is 1. The number of phenols is 1. The standard InChI is InChI=1S/C26H33NO5/c1-5-7-15-27(16-8-6-2)17-22-23(28)14-13-21-24(29)25(18(3)31-26(21)22)32-20-11-9-19(30-4)10-12-20/h9-14,28H,5-8,15-17H2,1-4H3. The number of hydrogen-bond acceptors (Lipinski definition) is 6. The van der Waals surface area contributed by atoms with Gasteiger partial charge in [0.05, 0.1) is 18.1 Å². The fourth-order valence-electron chi connectivity index (χ4n) is 3.68. The molecule has 2 aromatic carbocycles. The van der Waals surface area contributed by atoms with E-state index in [1.807, 2.05) is 0 Å². The Morgan fingerprint density at radius 1 is 0.969 bits per heavy atom. The van der Waals surface area contributed by atoms with E-state index in [0.717, 1.165) is 38.8 Å². The predicted octanol–water partition coefficient (Wildman–Crippen LogP) is 6.01. The van der Waals surface area contributed by atoms with Crippen LogP contribution in [0.15, 0.2) is 45.6 Å². The molecule has 1 N–H and O–H groups in total. The lowest BCUT2D eigenvalue weighted by Crippen LogP contribution is -2.26. The summed E-state index contributed by atoms with van der Waals surface area (Å²) >= 11 is 0. The normalized spacial score (nSPS) is 11.3. The van der Waals surface area contributed by atoms with Crippen molar-refractivity contribution in [1.29, 1.82) is 0 Å². The zero-order valence-corrected chi connectivity index (χ0v) is 19.4. The topological polar surface area (TPSA) is 72.1 Å². The maximum absolute atomic E-state index is 13.3. The fraction of sp³-hybridized carbons (Fsp3) is 0.423. The fourth-order valence-corrected chi connectivity index (χ4v) is 3.68. The van der Waals surface area contributed by atoms with Gasteiger partial charge in [-0.05, 0) is 69.3 Å². The van der Waals surface area contributed by atoms with Gasteiger partial charge in [0, 0.05) is 6.54 Å². The minimum atomic E-state index is -0.255. The molecule has 1 aromatic heterocycles. The van der Waals surface area contributed by atoms with Crippen molar-refractivity contribution in [2.75, 3.05) is 20.2 Å². The van der Waals surface area contributed by atoms with E-state index >= 15 is 0 Å². The summed E-state index contributed by atoms with van der Waals surface area (Å²) in [6.07, 6.45) is 4.37. The summed E-state index contributed by atoms with van der Waals surface area (Å²) in [5.74, 6) is 1.88. The zero-order chi connectivity index (χ0) is 23.1. The third kappa shape index (κ3) is 5.43. The minimum absolute atomic E-state index is 0.141. The summed E-state index contributed by atoms with van der Waals surface area (Å²) < 4.78 is 17.1. The van der Waals surface area contributed by atoms with Gasteiger partial charge in [-0.15, -0.1) is 0 Å². The Bertz CT molecular complexity index is 1080. The number of aromatic hydroxyl groups is 1. The molecule has 0 bridgehead atoms. The van der Waals surface area contributed by atoms with E-state index in [1.165, 1.54) is 0 Å². The molecule has 6 nitrogen and oxygen atoms in total. The summed E-state index contributed by atoms with van der Waals surface area (Å²) in [4.78, 5) is 15.6. The van der Waals surface area contributed by atoms with Gasteiger partial charge in [0.25, 0.3) is 0 Å². The van der Waals surface area contributed by atoms with Crippen LogP contribution < -0.4 is 14.9 Å². The first kappa shape index (κ1) is 23.7. The summed E-state index contributed by atoms with van der Waals surface area (Å²) in [6.45, 7) is 8.45. The molecule has 0 aliphatic heterocycles. The highest BCUT2D eigenvalue weighted by atomic mass is 16.5. The summed E-state index contributed by atoms with van der Waals surface area (Å²) in [7, 11) is 1.59. The number of ether oxygens (including phenoxy) is 2. The van der Waals surface area contributed by atoms with E-state index in [4.69, 9.17) is 13.9 Å². The van der Waals surface area contributed by atoms with Gasteiger partial charge in [-0.2, -0.15) is 0 Å². The van der Waals surface area contributed by atoms with Crippen molar-refractivity contribution in [3.63, 3.8) is 0 Å². The Balaban J connectivity index is 1.98. The van der Waals surface area contributed by atoms with Crippen molar-refractivity contribution in [2.24, 2.45) is 0 Å². The Labute approximate surface area is 189 Å². The van der Waals surface area contributed by atoms with E-state index in [1.54, 1.807) is 50.4 Å². The average molecular weight is 440 g/mol. The molecule has 0 radical (unpaired) electrons. The maximum atomic E-state index is 13.3. The molecule has 0 aliphatic carbocycles. The molecule has 0 fully saturated rings. The second-order valence-corrected chi connectivity index (χ2v) is 8.02. The number of unbranched alkanes of at least 4 members (excludes halogenated alkanes) is 2. The van der Waals surface area contributed by atoms with Crippen LogP contribution in [-0.4, -0.2) is 30.2 Å². The zero-order valence-electron chi connectivity index (χ0n) is 19.4. The van der Waals surface area contributed by atoms with E-state index in [2.05, 4.69) is 18.7 Å². The van der Waals surface area contributed by atoms with E-state index in [9.17, 15) is 9.90 Å². The Hall–Kier alpha value is -2.99. The number of hydrogen-bond donors (Lipinski definition) is 1. The van der Waals surface area contributed by atoms with E-state index < -0.39 is 0 Å². The monoisotopic (exact) mass is 439 g/mol. The third-order valence-corrected chi connectivity index (χ3v) is 5.58. The van der Waals surface area contributed by atoms with Crippen molar-refractivity contribution in [1.82, 2.24) is 4.90 Å². The van der Waals surface area contributed by atoms with Crippen molar-refractivity contribution >= 4 is 11.0 Å². The highest BCUT2D eigenvalue weighted by molar-refractivity contribution is 5.83. The molecule has 1 heterocycles. The Morgan fingerprint density at radius 3 is 2.19 bits per heavy atom. The van der Waals surface area contributed by atoms with Gasteiger partial charge in [-0.25, -0.2) is 0 Å². The quantitative estimate of drug-likeness (QED) is 0.394. The number of aryl methyl sites for hydroxylation is 1. The van der Waals surface area contributed by atoms with Crippen LogP contribution in [-0.2, 0) is 6.54 Å². The summed E-state index contributed by atoms with van der Waals surface area (Å²) in [6, 6.07) is 10.2. The van der Waals surface area contributed by atoms with Crippen LogP contribution in [0.1, 0.15) is 50.9 Å². The van der Waals surface area contributed by atoms with Gasteiger partial charge in [-0.3, -0.25) is 9.69 Å². The highest BCUT2D eigenvalue weighted by Gasteiger charge is 2.20. The number of methoxy groups -OCH3 is 1. The van der Waals surface area contributed by atoms with Crippen LogP contribution in [0.5, 0.6) is 23.0 Å². The highest BCUT2D eigenvalue weighted by Crippen LogP contribution is 2.32. The molecule has 0 saturated heterocycles. The first-order valence-electron chi connectivity index (χ1n) is 11.3. The average Bonchev–Trinajstić information content (AvgIpc) is 2.80. The lowest BCUT2D eigenvalue weighted by Gasteiger charge is -2.23. The van der Waals surface area contributed by atoms with Gasteiger partial charge in [0.15, 0.2) is 0 Å². The van der Waals surface area contributed by atoms with Crippen LogP contribution in [0.4, 0.5) is 0 Å². The molecule has 3 aromatic rings. The van der Waals surface area contributed by atoms with Crippen LogP contribution in [0.3, 0.4) is 0 Å². The SMILES string of the molecule is CCCCN(CCCC)Cc1c(O)ccc2c(=O)c(Oc3ccc(OC)cc3)c(C)oc12. The van der Waals surface area contributed by atoms with Gasteiger partial charge >= 0.3 is 0 Å². The molecule has 3 rings (SSSR count). The van der Waals surface area contributed by atoms with Gasteiger partial charge in [0.2, 0.25) is 11.2 Å². The van der Waals surface area contributed by atoms with E-state index in [0.29, 0.717) is 40.3 Å². The largest absolute Gasteiger partial charge is 0.507 e. The maximum Gasteiger partial charge on any atom is 0.235 e. The molecule has 0 aliphatic rings. The molecule has 0 amide bonds. The van der Waals surface area contributed by atoms with Gasteiger partial charge < -0.3 is 19.0 Å². The molecular weight excluding hydrogens is 406 g/mol. The lowest BCUT2D eigenvalue weighted by atomic mass is 10.1. The van der Waals surface area contributed by atoms with Crippen LogP contribution in [0.2, 0.25) is 0 Å². The molecule has 6 heteroatoms. The smallest absolute Gasteiger partial charge is 0.235 e. The first-order valence-corrected chi connectivity index (χ1v) is 11.3. The molecule has 0 spiro atoms. The van der Waals surface area contributed by atoms with E-state index in [-0.39, 0.29) is 16.9 Å². The molecule has 0 saturated carbocycles. The molecular formula is C26H33NO5. The summed E-state index contributed by atoms with van der Waals surface area (Å²) in [5.41, 5.74) is 0.813. The molecule has 0 unspecified atom stereocenters. The van der Waals surface area contributed by atoms with Gasteiger partial charge in [-0.1, -0.05) is 26.7 Å². The third-order valence-electron chi connectivity index (χ3n) is 5.58. The minimum Gasteiger partial charge on any atom is -0.507 e. The first-order chi connectivity index (χ1) is 15.5. The van der Waals surface area contributed by atoms with Crippen LogP contribution >= 0.6 is 0 Å². The summed E-state index contributed by atoms with van der Waals surface area (Å²) in [5, 5.41) is 11.0. The molecule has 0 atom stereocenters. The van der Waals surface area contributed by atoms with Crippen LogP contribution in [0, 0.1) is 6.92 Å². The van der Waals surface area contributed by atoms with Crippen molar-refractivity contribution in [3.8, 4) is 23.0 Å². The lowest BCUT2D eigenvalue weighted by molar-refractivity contribution is 0.253. The van der Waals surface area contributed by atoms with Gasteiger partial charge in [0.1, 0.15) is 28.6 Å². The van der Waals surface area contributed by atoms with Crippen molar-refractivity contribution in [2.45, 2.75) is 53.0 Å². The number of benzene rings is 2. The number of rotatable bonds is 11. The molecule has 32 heavy (non-hydrogen) atoms. The van der Waals surface area contributed by atoms with Crippen molar-refractivity contribution < 1.29 is 19.0 Å². The van der Waals surface area contributed by atoms with Crippen molar-refractivity contribution in [3.05, 3.63) is 57.9 Å². The second kappa shape index (κ2) is 11.0. The number of phenolic OH excluding ortho intramolecular Hbond substituents is 1. The predicted molar refractivity (Wildman–Crippen MR) is 127 cm³/mol. The molecule has 172 valence electrons. The van der Waals surface area contributed by atoms with Crippen LogP contribution in [0.25, 0.3) is 11.0 Å². The Kier molecular flexibility index (Phi) is 8.17. The second-order valence-electron chi connectivity index (χ2n) is 8.02. The Morgan fingerprint density at radius 2 is 1.59 bits per heavy atom.